The predicted octanol–water partition coefficient (Wildman–Crippen LogP) is 1.19. The maximum Gasteiger partial charge on any atom is 0.240 e. The fraction of sp³-hybridized carbons (Fsp3) is 0.400. The SMILES string of the molecule is CC(C)(CSc1ccccn1)C(=O)NN. The fourth-order valence-corrected chi connectivity index (χ4v) is 1.90. The Bertz CT molecular complexity index is 327. The topological polar surface area (TPSA) is 68.0 Å². The van der Waals surface area contributed by atoms with Gasteiger partial charge in [0.15, 0.2) is 0 Å². The van der Waals surface area contributed by atoms with Crippen molar-refractivity contribution in [1.29, 1.82) is 0 Å². The summed E-state index contributed by atoms with van der Waals surface area (Å²) in [5.74, 6) is 5.59. The number of hydrogen-bond acceptors (Lipinski definition) is 4. The van der Waals surface area contributed by atoms with E-state index in [4.69, 9.17) is 5.84 Å². The second-order valence-electron chi connectivity index (χ2n) is 3.81. The van der Waals surface area contributed by atoms with Crippen LogP contribution in [0.15, 0.2) is 29.4 Å². The molecule has 0 aliphatic heterocycles. The number of amides is 1. The van der Waals surface area contributed by atoms with Crippen LogP contribution in [-0.4, -0.2) is 16.6 Å². The molecular weight excluding hydrogens is 210 g/mol. The van der Waals surface area contributed by atoms with Gasteiger partial charge >= 0.3 is 0 Å². The van der Waals surface area contributed by atoms with E-state index in [0.717, 1.165) is 5.03 Å². The maximum absolute atomic E-state index is 11.4. The van der Waals surface area contributed by atoms with Crippen molar-refractivity contribution in [2.75, 3.05) is 5.75 Å². The molecule has 4 nitrogen and oxygen atoms in total. The molecule has 1 amide bonds. The fourth-order valence-electron chi connectivity index (χ4n) is 0.948. The minimum Gasteiger partial charge on any atom is -0.294 e. The number of hydrogen-bond donors (Lipinski definition) is 2. The Kier molecular flexibility index (Phi) is 4.11. The molecule has 0 radical (unpaired) electrons. The van der Waals surface area contributed by atoms with Crippen molar-refractivity contribution in [3.63, 3.8) is 0 Å². The van der Waals surface area contributed by atoms with E-state index < -0.39 is 5.41 Å². The van der Waals surface area contributed by atoms with Gasteiger partial charge in [0.2, 0.25) is 5.91 Å². The maximum atomic E-state index is 11.4. The first kappa shape index (κ1) is 12.0. The van der Waals surface area contributed by atoms with Crippen LogP contribution in [0.2, 0.25) is 0 Å². The monoisotopic (exact) mass is 225 g/mol. The lowest BCUT2D eigenvalue weighted by atomic mass is 9.96. The van der Waals surface area contributed by atoms with Crippen LogP contribution in [0.4, 0.5) is 0 Å². The second-order valence-corrected chi connectivity index (χ2v) is 4.81. The first-order chi connectivity index (χ1) is 7.06. The van der Waals surface area contributed by atoms with Gasteiger partial charge in [0.1, 0.15) is 0 Å². The van der Waals surface area contributed by atoms with Crippen molar-refractivity contribution in [3.8, 4) is 0 Å². The standard InChI is InChI=1S/C10H15N3OS/c1-10(2,9(14)13-11)7-15-8-5-3-4-6-12-8/h3-6H,7,11H2,1-2H3,(H,13,14). The number of pyridine rings is 1. The molecule has 0 aromatic carbocycles. The number of thioether (sulfide) groups is 1. The summed E-state index contributed by atoms with van der Waals surface area (Å²) >= 11 is 1.54. The number of nitrogens with zero attached hydrogens (tertiary/aromatic N) is 1. The first-order valence-corrected chi connectivity index (χ1v) is 5.60. The second kappa shape index (κ2) is 5.14. The van der Waals surface area contributed by atoms with Crippen LogP contribution < -0.4 is 11.3 Å². The van der Waals surface area contributed by atoms with E-state index in [-0.39, 0.29) is 5.91 Å². The Balaban J connectivity index is 2.53. The highest BCUT2D eigenvalue weighted by Crippen LogP contribution is 2.26. The highest BCUT2D eigenvalue weighted by Gasteiger charge is 2.27. The number of nitrogens with one attached hydrogen (secondary N) is 1. The Hall–Kier alpha value is -1.07. The van der Waals surface area contributed by atoms with Crippen LogP contribution in [0.3, 0.4) is 0 Å². The van der Waals surface area contributed by atoms with Gasteiger partial charge in [0.05, 0.1) is 10.4 Å². The average molecular weight is 225 g/mol. The molecule has 1 aromatic rings. The minimum atomic E-state index is -0.489. The van der Waals surface area contributed by atoms with Gasteiger partial charge in [-0.25, -0.2) is 10.8 Å². The number of hydrazine groups is 1. The van der Waals surface area contributed by atoms with Crippen molar-refractivity contribution >= 4 is 17.7 Å². The molecule has 0 spiro atoms. The van der Waals surface area contributed by atoms with E-state index in [1.54, 1.807) is 18.0 Å². The summed E-state index contributed by atoms with van der Waals surface area (Å²) in [6.45, 7) is 3.70. The van der Waals surface area contributed by atoms with Crippen molar-refractivity contribution in [2.45, 2.75) is 18.9 Å². The zero-order chi connectivity index (χ0) is 11.3. The van der Waals surface area contributed by atoms with Crippen LogP contribution in [0, 0.1) is 5.41 Å². The molecule has 0 aliphatic carbocycles. The van der Waals surface area contributed by atoms with Crippen LogP contribution >= 0.6 is 11.8 Å². The van der Waals surface area contributed by atoms with Crippen LogP contribution in [0.25, 0.3) is 0 Å². The quantitative estimate of drug-likeness (QED) is 0.349. The molecule has 0 saturated heterocycles. The minimum absolute atomic E-state index is 0.161. The van der Waals surface area contributed by atoms with Crippen molar-refractivity contribution in [1.82, 2.24) is 10.4 Å². The van der Waals surface area contributed by atoms with Gasteiger partial charge in [-0.15, -0.1) is 11.8 Å². The summed E-state index contributed by atoms with van der Waals surface area (Å²) < 4.78 is 0. The number of rotatable bonds is 4. The van der Waals surface area contributed by atoms with E-state index in [9.17, 15) is 4.79 Å². The number of carbonyl (C=O) groups is 1. The molecule has 1 heterocycles. The normalized spacial score (nSPS) is 11.1. The largest absolute Gasteiger partial charge is 0.294 e. The van der Waals surface area contributed by atoms with Gasteiger partial charge < -0.3 is 0 Å². The molecule has 82 valence electrons. The third kappa shape index (κ3) is 3.53. The zero-order valence-electron chi connectivity index (χ0n) is 8.86. The predicted molar refractivity (Wildman–Crippen MR) is 61.1 cm³/mol. The van der Waals surface area contributed by atoms with E-state index >= 15 is 0 Å². The highest BCUT2D eigenvalue weighted by atomic mass is 32.2. The van der Waals surface area contributed by atoms with Gasteiger partial charge in [0, 0.05) is 11.9 Å². The van der Waals surface area contributed by atoms with Crippen molar-refractivity contribution in [2.24, 2.45) is 11.3 Å². The van der Waals surface area contributed by atoms with E-state index in [2.05, 4.69) is 10.4 Å². The summed E-state index contributed by atoms with van der Waals surface area (Å²) in [5.41, 5.74) is 1.68. The van der Waals surface area contributed by atoms with Gasteiger partial charge in [-0.3, -0.25) is 10.2 Å². The number of carbonyl (C=O) groups excluding carboxylic acids is 1. The lowest BCUT2D eigenvalue weighted by molar-refractivity contribution is -0.128. The summed E-state index contributed by atoms with van der Waals surface area (Å²) in [5, 5.41) is 0.912. The summed E-state index contributed by atoms with van der Waals surface area (Å²) in [7, 11) is 0. The van der Waals surface area contributed by atoms with Gasteiger partial charge in [-0.05, 0) is 12.1 Å². The van der Waals surface area contributed by atoms with Crippen LogP contribution in [0.1, 0.15) is 13.8 Å². The van der Waals surface area contributed by atoms with Gasteiger partial charge in [-0.2, -0.15) is 0 Å². The van der Waals surface area contributed by atoms with Gasteiger partial charge in [0.25, 0.3) is 0 Å². The molecular formula is C10H15N3OS. The number of aromatic nitrogens is 1. The molecule has 15 heavy (non-hydrogen) atoms. The molecule has 0 atom stereocenters. The molecule has 0 bridgehead atoms. The number of nitrogens with two attached hydrogens (primary N) is 1. The first-order valence-electron chi connectivity index (χ1n) is 4.61. The van der Waals surface area contributed by atoms with Gasteiger partial charge in [-0.1, -0.05) is 19.9 Å². The molecule has 5 heteroatoms. The Morgan fingerprint density at radius 2 is 2.33 bits per heavy atom. The van der Waals surface area contributed by atoms with Crippen LogP contribution in [0.5, 0.6) is 0 Å². The Morgan fingerprint density at radius 3 is 2.87 bits per heavy atom. The molecule has 0 fully saturated rings. The van der Waals surface area contributed by atoms with Crippen molar-refractivity contribution < 1.29 is 4.79 Å². The molecule has 1 rings (SSSR count). The van der Waals surface area contributed by atoms with Crippen molar-refractivity contribution in [3.05, 3.63) is 24.4 Å². The average Bonchev–Trinajstić information content (AvgIpc) is 2.27. The third-order valence-corrected chi connectivity index (χ3v) is 3.37. The molecule has 0 saturated carbocycles. The summed E-state index contributed by atoms with van der Waals surface area (Å²) in [6, 6.07) is 5.70. The van der Waals surface area contributed by atoms with Crippen LogP contribution in [-0.2, 0) is 4.79 Å². The van der Waals surface area contributed by atoms with E-state index in [1.165, 1.54) is 0 Å². The summed E-state index contributed by atoms with van der Waals surface area (Å²) in [6.07, 6.45) is 1.73. The van der Waals surface area contributed by atoms with E-state index in [0.29, 0.717) is 5.75 Å². The zero-order valence-corrected chi connectivity index (χ0v) is 9.67. The molecule has 0 aliphatic rings. The molecule has 0 unspecified atom stereocenters. The lowest BCUT2D eigenvalue weighted by Gasteiger charge is -2.21. The lowest BCUT2D eigenvalue weighted by Crippen LogP contribution is -2.42. The Labute approximate surface area is 93.6 Å². The Morgan fingerprint density at radius 1 is 1.60 bits per heavy atom. The smallest absolute Gasteiger partial charge is 0.240 e. The van der Waals surface area contributed by atoms with E-state index in [1.807, 2.05) is 32.0 Å². The molecule has 3 N–H and O–H groups in total. The summed E-state index contributed by atoms with van der Waals surface area (Å²) in [4.78, 5) is 15.6. The highest BCUT2D eigenvalue weighted by molar-refractivity contribution is 7.99. The third-order valence-electron chi connectivity index (χ3n) is 1.96. The molecule has 1 aromatic heterocycles.